The van der Waals surface area contributed by atoms with Crippen LogP contribution in [0.2, 0.25) is 10.0 Å². The summed E-state index contributed by atoms with van der Waals surface area (Å²) >= 11 is 12.0. The topological polar surface area (TPSA) is 105 Å². The summed E-state index contributed by atoms with van der Waals surface area (Å²) in [6.45, 7) is 1.97. The number of halogens is 2. The number of amides is 2. The van der Waals surface area contributed by atoms with Crippen molar-refractivity contribution in [3.8, 4) is 0 Å². The van der Waals surface area contributed by atoms with Crippen LogP contribution in [0.5, 0.6) is 0 Å². The number of primary amides is 2. The van der Waals surface area contributed by atoms with Crippen LogP contribution >= 0.6 is 23.2 Å². The number of hydrogen-bond acceptors (Lipinski definition) is 4. The first-order chi connectivity index (χ1) is 10.3. The Morgan fingerprint density at radius 3 is 2.32 bits per heavy atom. The van der Waals surface area contributed by atoms with Crippen molar-refractivity contribution in [3.05, 3.63) is 33.8 Å². The molecule has 2 atom stereocenters. The average molecular weight is 349 g/mol. The maximum Gasteiger partial charge on any atom is 0.405 e. The van der Waals surface area contributed by atoms with Crippen LogP contribution < -0.4 is 11.5 Å². The Balaban J connectivity index is 3.15. The molecule has 1 rings (SSSR count). The molecule has 0 saturated carbocycles. The van der Waals surface area contributed by atoms with Crippen LogP contribution in [0.4, 0.5) is 9.59 Å². The minimum atomic E-state index is -1.01. The quantitative estimate of drug-likeness (QED) is 0.781. The van der Waals surface area contributed by atoms with Crippen molar-refractivity contribution in [1.82, 2.24) is 0 Å². The van der Waals surface area contributed by atoms with Gasteiger partial charge in [-0.3, -0.25) is 0 Å². The molecule has 6 nitrogen and oxygen atoms in total. The molecule has 0 aliphatic carbocycles. The highest BCUT2D eigenvalue weighted by molar-refractivity contribution is 6.35. The molecular formula is C14H18Cl2N2O4. The minimum Gasteiger partial charge on any atom is -0.442 e. The van der Waals surface area contributed by atoms with Gasteiger partial charge in [-0.2, -0.15) is 0 Å². The predicted octanol–water partition coefficient (Wildman–Crippen LogP) is 3.78. The van der Waals surface area contributed by atoms with Crippen LogP contribution in [0.15, 0.2) is 18.2 Å². The number of carbonyl (C=O) groups excluding carboxylic acids is 2. The van der Waals surface area contributed by atoms with E-state index in [1.165, 1.54) is 6.07 Å². The molecule has 0 spiro atoms. The zero-order valence-corrected chi connectivity index (χ0v) is 13.6. The van der Waals surface area contributed by atoms with Gasteiger partial charge in [0, 0.05) is 15.6 Å². The number of benzene rings is 1. The average Bonchev–Trinajstić information content (AvgIpc) is 2.41. The molecule has 0 aliphatic rings. The molecule has 122 valence electrons. The molecule has 2 amide bonds. The summed E-state index contributed by atoms with van der Waals surface area (Å²) in [7, 11) is 0. The normalized spacial score (nSPS) is 13.2. The fourth-order valence-corrected chi connectivity index (χ4v) is 2.54. The maximum absolute atomic E-state index is 11.2. The molecule has 0 unspecified atom stereocenters. The van der Waals surface area contributed by atoms with E-state index in [-0.39, 0.29) is 5.02 Å². The Morgan fingerprint density at radius 2 is 1.82 bits per heavy atom. The Labute approximate surface area is 138 Å². The lowest BCUT2D eigenvalue weighted by atomic mass is 9.99. The van der Waals surface area contributed by atoms with Gasteiger partial charge in [0.15, 0.2) is 6.10 Å². The van der Waals surface area contributed by atoms with Gasteiger partial charge in [0.1, 0.15) is 6.10 Å². The van der Waals surface area contributed by atoms with Crippen molar-refractivity contribution in [3.63, 3.8) is 0 Å². The molecule has 1 aromatic carbocycles. The van der Waals surface area contributed by atoms with Crippen LogP contribution in [0, 0.1) is 0 Å². The standard InChI is InChI=1S/C14H18Cl2N2O4/c1-2-3-4-11(21-13(17)19)12(22-14(18)20)9-6-5-8(15)7-10(9)16/h5-7,11-12H,2-4H2,1H3,(H2,17,19)(H2,18,20)/t11-,12-/m0/s1. The maximum atomic E-state index is 11.2. The number of carbonyl (C=O) groups is 2. The molecule has 0 fully saturated rings. The summed E-state index contributed by atoms with van der Waals surface area (Å²) in [4.78, 5) is 22.3. The van der Waals surface area contributed by atoms with Gasteiger partial charge < -0.3 is 20.9 Å². The predicted molar refractivity (Wildman–Crippen MR) is 83.9 cm³/mol. The first-order valence-corrected chi connectivity index (χ1v) is 7.47. The summed E-state index contributed by atoms with van der Waals surface area (Å²) in [5, 5.41) is 0.695. The summed E-state index contributed by atoms with van der Waals surface area (Å²) in [6, 6.07) is 4.67. The van der Waals surface area contributed by atoms with Crippen molar-refractivity contribution < 1.29 is 19.1 Å². The van der Waals surface area contributed by atoms with E-state index in [0.717, 1.165) is 12.8 Å². The first kappa shape index (κ1) is 18.4. The van der Waals surface area contributed by atoms with Crippen molar-refractivity contribution >= 4 is 35.4 Å². The first-order valence-electron chi connectivity index (χ1n) is 6.72. The molecule has 22 heavy (non-hydrogen) atoms. The monoisotopic (exact) mass is 348 g/mol. The second-order valence-corrected chi connectivity index (χ2v) is 5.48. The van der Waals surface area contributed by atoms with Crippen LogP contribution in [0.3, 0.4) is 0 Å². The second-order valence-electron chi connectivity index (χ2n) is 4.64. The summed E-state index contributed by atoms with van der Waals surface area (Å²) in [5.41, 5.74) is 10.6. The summed E-state index contributed by atoms with van der Waals surface area (Å²) in [6.07, 6.45) is -1.69. The van der Waals surface area contributed by atoms with Gasteiger partial charge >= 0.3 is 12.2 Å². The van der Waals surface area contributed by atoms with E-state index in [1.54, 1.807) is 12.1 Å². The Morgan fingerprint density at radius 1 is 1.18 bits per heavy atom. The molecule has 0 aliphatic heterocycles. The molecule has 0 aromatic heterocycles. The largest absolute Gasteiger partial charge is 0.442 e. The molecule has 8 heteroatoms. The Hall–Kier alpha value is -1.66. The van der Waals surface area contributed by atoms with E-state index in [1.807, 2.05) is 6.92 Å². The van der Waals surface area contributed by atoms with Crippen LogP contribution in [-0.2, 0) is 9.47 Å². The van der Waals surface area contributed by atoms with E-state index in [9.17, 15) is 9.59 Å². The molecule has 1 aromatic rings. The zero-order valence-electron chi connectivity index (χ0n) is 12.1. The highest BCUT2D eigenvalue weighted by Crippen LogP contribution is 2.33. The lowest BCUT2D eigenvalue weighted by Gasteiger charge is -2.26. The SMILES string of the molecule is CCCC[C@H](OC(N)=O)[C@@H](OC(N)=O)c1ccc(Cl)cc1Cl. The van der Waals surface area contributed by atoms with Crippen molar-refractivity contribution in [2.45, 2.75) is 38.4 Å². The number of unbranched alkanes of at least 4 members (excludes halogenated alkanes) is 1. The van der Waals surface area contributed by atoms with E-state index in [0.29, 0.717) is 17.0 Å². The number of ether oxygens (including phenoxy) is 2. The second kappa shape index (κ2) is 8.70. The number of nitrogens with two attached hydrogens (primary N) is 2. The minimum absolute atomic E-state index is 0.272. The number of hydrogen-bond donors (Lipinski definition) is 2. The van der Waals surface area contributed by atoms with E-state index < -0.39 is 24.4 Å². The molecule has 0 saturated heterocycles. The number of rotatable bonds is 7. The van der Waals surface area contributed by atoms with Crippen molar-refractivity contribution in [2.24, 2.45) is 11.5 Å². The van der Waals surface area contributed by atoms with E-state index in [2.05, 4.69) is 0 Å². The third-order valence-electron chi connectivity index (χ3n) is 2.96. The molecule has 0 bridgehead atoms. The van der Waals surface area contributed by atoms with Crippen molar-refractivity contribution in [2.75, 3.05) is 0 Å². The Bertz CT molecular complexity index is 540. The van der Waals surface area contributed by atoms with Crippen LogP contribution in [-0.4, -0.2) is 18.3 Å². The van der Waals surface area contributed by atoms with Gasteiger partial charge in [0.2, 0.25) is 0 Å². The molecular weight excluding hydrogens is 331 g/mol. The zero-order chi connectivity index (χ0) is 16.7. The van der Waals surface area contributed by atoms with Crippen molar-refractivity contribution in [1.29, 1.82) is 0 Å². The molecule has 0 heterocycles. The van der Waals surface area contributed by atoms with Gasteiger partial charge in [0.25, 0.3) is 0 Å². The lowest BCUT2D eigenvalue weighted by molar-refractivity contribution is -0.00963. The van der Waals surface area contributed by atoms with Gasteiger partial charge in [-0.05, 0) is 25.0 Å². The van der Waals surface area contributed by atoms with Crippen LogP contribution in [0.25, 0.3) is 0 Å². The van der Waals surface area contributed by atoms with Crippen LogP contribution in [0.1, 0.15) is 37.9 Å². The highest BCUT2D eigenvalue weighted by atomic mass is 35.5. The van der Waals surface area contributed by atoms with Gasteiger partial charge in [-0.1, -0.05) is 42.6 Å². The van der Waals surface area contributed by atoms with Gasteiger partial charge in [-0.25, -0.2) is 9.59 Å². The highest BCUT2D eigenvalue weighted by Gasteiger charge is 2.30. The fraction of sp³-hybridized carbons (Fsp3) is 0.429. The lowest BCUT2D eigenvalue weighted by Crippen LogP contribution is -2.32. The fourth-order valence-electron chi connectivity index (χ4n) is 2.02. The third kappa shape index (κ3) is 5.61. The smallest absolute Gasteiger partial charge is 0.405 e. The van der Waals surface area contributed by atoms with E-state index in [4.69, 9.17) is 44.1 Å². The summed E-state index contributed by atoms with van der Waals surface area (Å²) < 4.78 is 10.2. The third-order valence-corrected chi connectivity index (χ3v) is 3.52. The Kier molecular flexibility index (Phi) is 7.27. The molecule has 0 radical (unpaired) electrons. The summed E-state index contributed by atoms with van der Waals surface area (Å²) in [5.74, 6) is 0. The van der Waals surface area contributed by atoms with Gasteiger partial charge in [0.05, 0.1) is 0 Å². The van der Waals surface area contributed by atoms with E-state index >= 15 is 0 Å². The van der Waals surface area contributed by atoms with Gasteiger partial charge in [-0.15, -0.1) is 0 Å². The molecule has 4 N–H and O–H groups in total.